The van der Waals surface area contributed by atoms with E-state index < -0.39 is 0 Å². The topological polar surface area (TPSA) is 36.9 Å². The van der Waals surface area contributed by atoms with Crippen molar-refractivity contribution < 1.29 is 18.9 Å². The Kier molecular flexibility index (Phi) is 6.64. The number of methoxy groups -OCH3 is 4. The van der Waals surface area contributed by atoms with Gasteiger partial charge in [0.05, 0.1) is 28.4 Å². The number of hydrogen-bond donors (Lipinski definition) is 0. The van der Waals surface area contributed by atoms with Crippen molar-refractivity contribution in [1.29, 1.82) is 0 Å². The van der Waals surface area contributed by atoms with Gasteiger partial charge in [-0.2, -0.15) is 0 Å². The van der Waals surface area contributed by atoms with Crippen LogP contribution in [0.3, 0.4) is 0 Å². The van der Waals surface area contributed by atoms with Crippen molar-refractivity contribution in [2.24, 2.45) is 5.92 Å². The maximum atomic E-state index is 5.49. The average molecular weight is 380 g/mol. The van der Waals surface area contributed by atoms with Crippen LogP contribution in [0.4, 0.5) is 0 Å². The molecule has 2 aromatic carbocycles. The zero-order chi connectivity index (χ0) is 19.9. The van der Waals surface area contributed by atoms with Crippen molar-refractivity contribution in [2.45, 2.75) is 18.8 Å². The molecule has 0 heterocycles. The van der Waals surface area contributed by atoms with Crippen LogP contribution in [-0.2, 0) is 0 Å². The molecule has 3 rings (SSSR count). The molecule has 0 saturated carbocycles. The number of allylic oxidation sites excluding steroid dienone is 3. The second kappa shape index (κ2) is 9.36. The lowest BCUT2D eigenvalue weighted by Gasteiger charge is -2.26. The lowest BCUT2D eigenvalue weighted by atomic mass is 9.79. The Balaban J connectivity index is 1.85. The van der Waals surface area contributed by atoms with E-state index in [2.05, 4.69) is 36.4 Å². The molecular weight excluding hydrogens is 352 g/mol. The minimum absolute atomic E-state index is 0.310. The highest BCUT2D eigenvalue weighted by atomic mass is 16.5. The van der Waals surface area contributed by atoms with E-state index in [1.807, 2.05) is 24.3 Å². The van der Waals surface area contributed by atoms with Gasteiger partial charge in [0.15, 0.2) is 23.0 Å². The predicted octanol–water partition coefficient (Wildman–Crippen LogP) is 5.48. The molecule has 0 amide bonds. The maximum Gasteiger partial charge on any atom is 0.161 e. The summed E-state index contributed by atoms with van der Waals surface area (Å²) >= 11 is 0. The van der Waals surface area contributed by atoms with Gasteiger partial charge in [-0.1, -0.05) is 36.4 Å². The van der Waals surface area contributed by atoms with E-state index in [-0.39, 0.29) is 0 Å². The van der Waals surface area contributed by atoms with Crippen molar-refractivity contribution in [1.82, 2.24) is 0 Å². The van der Waals surface area contributed by atoms with Crippen molar-refractivity contribution in [3.05, 3.63) is 65.8 Å². The molecule has 1 aliphatic rings. The molecule has 4 heteroatoms. The minimum atomic E-state index is 0.310. The molecule has 0 radical (unpaired) electrons. The average Bonchev–Trinajstić information content (AvgIpc) is 2.77. The van der Waals surface area contributed by atoms with Gasteiger partial charge in [0, 0.05) is 5.92 Å². The van der Waals surface area contributed by atoms with E-state index in [4.69, 9.17) is 18.9 Å². The third-order valence-corrected chi connectivity index (χ3v) is 5.21. The minimum Gasteiger partial charge on any atom is -0.493 e. The van der Waals surface area contributed by atoms with Crippen molar-refractivity contribution in [3.8, 4) is 23.0 Å². The van der Waals surface area contributed by atoms with Crippen LogP contribution in [-0.4, -0.2) is 28.4 Å². The van der Waals surface area contributed by atoms with E-state index >= 15 is 0 Å². The molecule has 0 fully saturated rings. The molecule has 148 valence electrons. The zero-order valence-corrected chi connectivity index (χ0v) is 17.0. The summed E-state index contributed by atoms with van der Waals surface area (Å²) in [6, 6.07) is 12.2. The molecule has 0 N–H and O–H groups in total. The fourth-order valence-electron chi connectivity index (χ4n) is 3.68. The zero-order valence-electron chi connectivity index (χ0n) is 17.0. The number of rotatable bonds is 7. The first kappa shape index (κ1) is 19.9. The van der Waals surface area contributed by atoms with Crippen LogP contribution in [0.5, 0.6) is 23.0 Å². The Morgan fingerprint density at radius 2 is 1.43 bits per heavy atom. The lowest BCUT2D eigenvalue weighted by molar-refractivity contribution is 0.354. The molecule has 0 aliphatic heterocycles. The molecule has 2 aromatic rings. The van der Waals surface area contributed by atoms with E-state index in [9.17, 15) is 0 Å². The number of ether oxygens (including phenoxy) is 4. The van der Waals surface area contributed by atoms with Gasteiger partial charge in [0.25, 0.3) is 0 Å². The van der Waals surface area contributed by atoms with E-state index in [0.29, 0.717) is 11.8 Å². The SMILES string of the molecule is COc1ccc(/C=C/C2CCC=C[C@@H]2c2ccc(OC)c(OC)c2)cc1OC. The Hall–Kier alpha value is -2.88. The van der Waals surface area contributed by atoms with Crippen LogP contribution >= 0.6 is 0 Å². The monoisotopic (exact) mass is 380 g/mol. The second-order valence-corrected chi connectivity index (χ2v) is 6.78. The predicted molar refractivity (Wildman–Crippen MR) is 113 cm³/mol. The summed E-state index contributed by atoms with van der Waals surface area (Å²) in [5.74, 6) is 3.72. The van der Waals surface area contributed by atoms with E-state index in [1.54, 1.807) is 28.4 Å². The van der Waals surface area contributed by atoms with Crippen LogP contribution in [0.1, 0.15) is 29.9 Å². The van der Waals surface area contributed by atoms with Crippen LogP contribution < -0.4 is 18.9 Å². The van der Waals surface area contributed by atoms with Gasteiger partial charge in [-0.15, -0.1) is 0 Å². The highest BCUT2D eigenvalue weighted by Crippen LogP contribution is 2.39. The van der Waals surface area contributed by atoms with Crippen molar-refractivity contribution >= 4 is 6.08 Å². The van der Waals surface area contributed by atoms with Crippen molar-refractivity contribution in [2.75, 3.05) is 28.4 Å². The summed E-state index contributed by atoms with van der Waals surface area (Å²) in [5, 5.41) is 0. The third kappa shape index (κ3) is 4.33. The molecule has 1 unspecified atom stereocenters. The first-order chi connectivity index (χ1) is 13.7. The molecule has 2 atom stereocenters. The molecule has 1 aliphatic carbocycles. The van der Waals surface area contributed by atoms with Gasteiger partial charge >= 0.3 is 0 Å². The fraction of sp³-hybridized carbons (Fsp3) is 0.333. The van der Waals surface area contributed by atoms with Gasteiger partial charge in [-0.25, -0.2) is 0 Å². The molecule has 0 spiro atoms. The van der Waals surface area contributed by atoms with Gasteiger partial charge in [-0.3, -0.25) is 0 Å². The smallest absolute Gasteiger partial charge is 0.161 e. The van der Waals surface area contributed by atoms with Gasteiger partial charge < -0.3 is 18.9 Å². The number of hydrogen-bond acceptors (Lipinski definition) is 4. The number of benzene rings is 2. The largest absolute Gasteiger partial charge is 0.493 e. The van der Waals surface area contributed by atoms with Gasteiger partial charge in [0.2, 0.25) is 0 Å². The van der Waals surface area contributed by atoms with Gasteiger partial charge in [-0.05, 0) is 54.2 Å². The maximum absolute atomic E-state index is 5.49. The van der Waals surface area contributed by atoms with Crippen LogP contribution in [0, 0.1) is 5.92 Å². The summed E-state index contributed by atoms with van der Waals surface area (Å²) in [6.07, 6.45) is 11.2. The summed E-state index contributed by atoms with van der Waals surface area (Å²) in [5.41, 5.74) is 2.33. The summed E-state index contributed by atoms with van der Waals surface area (Å²) in [6.45, 7) is 0. The summed E-state index contributed by atoms with van der Waals surface area (Å²) in [7, 11) is 6.64. The lowest BCUT2D eigenvalue weighted by Crippen LogP contribution is -2.12. The Morgan fingerprint density at radius 3 is 2.11 bits per heavy atom. The molecule has 0 aromatic heterocycles. The van der Waals surface area contributed by atoms with Crippen LogP contribution in [0.2, 0.25) is 0 Å². The van der Waals surface area contributed by atoms with E-state index in [0.717, 1.165) is 41.4 Å². The quantitative estimate of drug-likeness (QED) is 0.596. The third-order valence-electron chi connectivity index (χ3n) is 5.21. The standard InChI is InChI=1S/C24H28O4/c1-25-21-13-10-17(15-23(21)27-3)9-11-18-7-5-6-8-20(18)19-12-14-22(26-2)24(16-19)28-4/h6,8-16,18,20H,5,7H2,1-4H3/b11-9+/t18?,20-/m0/s1. The van der Waals surface area contributed by atoms with Crippen molar-refractivity contribution in [3.63, 3.8) is 0 Å². The second-order valence-electron chi connectivity index (χ2n) is 6.78. The Bertz CT molecular complexity index is 854. The molecule has 4 nitrogen and oxygen atoms in total. The fourth-order valence-corrected chi connectivity index (χ4v) is 3.68. The van der Waals surface area contributed by atoms with E-state index in [1.165, 1.54) is 5.56 Å². The molecular formula is C24H28O4. The highest BCUT2D eigenvalue weighted by Gasteiger charge is 2.22. The summed E-state index contributed by atoms with van der Waals surface area (Å²) in [4.78, 5) is 0. The summed E-state index contributed by atoms with van der Waals surface area (Å²) < 4.78 is 21.6. The molecule has 0 saturated heterocycles. The first-order valence-electron chi connectivity index (χ1n) is 9.49. The van der Waals surface area contributed by atoms with Gasteiger partial charge in [0.1, 0.15) is 0 Å². The normalized spacial score (nSPS) is 18.9. The van der Waals surface area contributed by atoms with Crippen LogP contribution in [0.15, 0.2) is 54.6 Å². The Morgan fingerprint density at radius 1 is 0.786 bits per heavy atom. The molecule has 28 heavy (non-hydrogen) atoms. The Labute approximate surface area is 167 Å². The highest BCUT2D eigenvalue weighted by molar-refractivity contribution is 5.56. The molecule has 0 bridgehead atoms. The van der Waals surface area contributed by atoms with Crippen LogP contribution in [0.25, 0.3) is 6.08 Å². The first-order valence-corrected chi connectivity index (χ1v) is 9.49.